The number of carboxylic acid groups (broad SMARTS) is 1. The number of amides is 1. The fraction of sp³-hybridized carbons (Fsp3) is 0.333. The van der Waals surface area contributed by atoms with Crippen LogP contribution in [-0.4, -0.2) is 44.9 Å². The second-order valence-electron chi connectivity index (χ2n) is 6.40. The summed E-state index contributed by atoms with van der Waals surface area (Å²) in [5, 5.41) is 9.30. The summed E-state index contributed by atoms with van der Waals surface area (Å²) >= 11 is 0. The van der Waals surface area contributed by atoms with Gasteiger partial charge in [0.25, 0.3) is 5.91 Å². The summed E-state index contributed by atoms with van der Waals surface area (Å²) in [5.41, 5.74) is 1.02. The van der Waals surface area contributed by atoms with Gasteiger partial charge in [-0.1, -0.05) is 30.3 Å². The Balaban J connectivity index is 1.83. The predicted octanol–water partition coefficient (Wildman–Crippen LogP) is 2.39. The van der Waals surface area contributed by atoms with Crippen molar-refractivity contribution >= 4 is 11.9 Å². The van der Waals surface area contributed by atoms with E-state index in [0.717, 1.165) is 5.56 Å². The van der Waals surface area contributed by atoms with Crippen LogP contribution in [0.5, 0.6) is 0 Å². The Bertz CT molecular complexity index is 791. The molecule has 1 amide bonds. The lowest BCUT2D eigenvalue weighted by Crippen LogP contribution is -2.35. The highest BCUT2D eigenvalue weighted by Gasteiger charge is 2.42. The van der Waals surface area contributed by atoms with Gasteiger partial charge in [-0.3, -0.25) is 9.59 Å². The third-order valence-corrected chi connectivity index (χ3v) is 4.52. The zero-order valence-corrected chi connectivity index (χ0v) is 13.7. The molecule has 3 rings (SSSR count). The van der Waals surface area contributed by atoms with Gasteiger partial charge in [0.1, 0.15) is 0 Å². The van der Waals surface area contributed by atoms with Crippen LogP contribution in [0.3, 0.4) is 0 Å². The number of aromatic nitrogens is 2. The molecular weight excluding hydrogens is 306 g/mol. The summed E-state index contributed by atoms with van der Waals surface area (Å²) < 4.78 is 0. The Morgan fingerprint density at radius 2 is 1.96 bits per heavy atom. The highest BCUT2D eigenvalue weighted by atomic mass is 16.4. The van der Waals surface area contributed by atoms with E-state index < -0.39 is 11.4 Å². The molecule has 1 aromatic carbocycles. The molecule has 124 valence electrons. The normalized spacial score (nSPS) is 20.2. The van der Waals surface area contributed by atoms with Crippen LogP contribution in [0, 0.1) is 12.3 Å². The summed E-state index contributed by atoms with van der Waals surface area (Å²) in [6.07, 6.45) is 1.99. The average molecular weight is 325 g/mol. The molecule has 2 aromatic rings. The first kappa shape index (κ1) is 16.1. The van der Waals surface area contributed by atoms with E-state index in [2.05, 4.69) is 9.97 Å². The average Bonchev–Trinajstić information content (AvgIpc) is 2.99. The van der Waals surface area contributed by atoms with Crippen molar-refractivity contribution in [3.8, 4) is 11.4 Å². The van der Waals surface area contributed by atoms with Crippen LogP contribution in [0.1, 0.15) is 29.4 Å². The molecule has 24 heavy (non-hydrogen) atoms. The minimum atomic E-state index is -0.881. The topological polar surface area (TPSA) is 83.4 Å². The van der Waals surface area contributed by atoms with Crippen molar-refractivity contribution < 1.29 is 14.7 Å². The summed E-state index contributed by atoms with van der Waals surface area (Å²) in [6, 6.07) is 9.55. The lowest BCUT2D eigenvalue weighted by molar-refractivity contribution is -0.147. The second-order valence-corrected chi connectivity index (χ2v) is 6.40. The van der Waals surface area contributed by atoms with Crippen LogP contribution >= 0.6 is 0 Å². The van der Waals surface area contributed by atoms with Gasteiger partial charge in [-0.05, 0) is 20.3 Å². The second kappa shape index (κ2) is 6.03. The number of aliphatic carboxylic acids is 1. The molecule has 1 aromatic heterocycles. The zero-order chi connectivity index (χ0) is 17.3. The summed E-state index contributed by atoms with van der Waals surface area (Å²) in [4.78, 5) is 34.3. The quantitative estimate of drug-likeness (QED) is 0.937. The third kappa shape index (κ3) is 2.87. The van der Waals surface area contributed by atoms with Crippen molar-refractivity contribution in [3.63, 3.8) is 0 Å². The minimum Gasteiger partial charge on any atom is -0.481 e. The Kier molecular flexibility index (Phi) is 4.05. The van der Waals surface area contributed by atoms with E-state index in [1.165, 1.54) is 6.20 Å². The number of carbonyl (C=O) groups is 2. The van der Waals surface area contributed by atoms with Gasteiger partial charge in [0.2, 0.25) is 0 Å². The largest absolute Gasteiger partial charge is 0.481 e. The van der Waals surface area contributed by atoms with Crippen molar-refractivity contribution in [1.82, 2.24) is 14.9 Å². The van der Waals surface area contributed by atoms with Crippen LogP contribution in [0.15, 0.2) is 36.5 Å². The molecule has 1 N–H and O–H groups in total. The molecule has 6 nitrogen and oxygen atoms in total. The number of carboxylic acids is 1. The van der Waals surface area contributed by atoms with Crippen molar-refractivity contribution in [2.45, 2.75) is 20.3 Å². The highest BCUT2D eigenvalue weighted by molar-refractivity contribution is 5.95. The van der Waals surface area contributed by atoms with E-state index in [1.807, 2.05) is 30.3 Å². The van der Waals surface area contributed by atoms with Gasteiger partial charge in [-0.25, -0.2) is 9.97 Å². The van der Waals surface area contributed by atoms with Gasteiger partial charge >= 0.3 is 5.97 Å². The first-order valence-electron chi connectivity index (χ1n) is 7.82. The van der Waals surface area contributed by atoms with E-state index in [4.69, 9.17) is 0 Å². The number of hydrogen-bond acceptors (Lipinski definition) is 4. The number of carbonyl (C=O) groups excluding carboxylic acids is 1. The number of hydrogen-bond donors (Lipinski definition) is 1. The van der Waals surface area contributed by atoms with Crippen LogP contribution < -0.4 is 0 Å². The molecular formula is C18H19N3O3. The molecule has 0 aliphatic carbocycles. The van der Waals surface area contributed by atoms with Crippen LogP contribution in [0.4, 0.5) is 0 Å². The molecule has 1 atom stereocenters. The molecule has 1 aliphatic rings. The van der Waals surface area contributed by atoms with Crippen molar-refractivity contribution in [2.24, 2.45) is 5.41 Å². The maximum absolute atomic E-state index is 12.7. The van der Waals surface area contributed by atoms with E-state index in [9.17, 15) is 14.7 Å². The fourth-order valence-electron chi connectivity index (χ4n) is 2.88. The van der Waals surface area contributed by atoms with Crippen LogP contribution in [0.25, 0.3) is 11.4 Å². The molecule has 0 spiro atoms. The van der Waals surface area contributed by atoms with Crippen molar-refractivity contribution in [1.29, 1.82) is 0 Å². The van der Waals surface area contributed by atoms with E-state index in [0.29, 0.717) is 30.0 Å². The molecule has 0 bridgehead atoms. The van der Waals surface area contributed by atoms with Gasteiger partial charge in [-0.2, -0.15) is 0 Å². The summed E-state index contributed by atoms with van der Waals surface area (Å²) in [6.45, 7) is 4.08. The standard InChI is InChI=1S/C18H19N3O3/c1-12-14(10-19-15(20-12)13-6-4-3-5-7-13)16(22)21-9-8-18(2,11-21)17(23)24/h3-7,10H,8-9,11H2,1-2H3,(H,23,24). The highest BCUT2D eigenvalue weighted by Crippen LogP contribution is 2.31. The number of nitrogens with zero attached hydrogens (tertiary/aromatic N) is 3. The molecule has 1 fully saturated rings. The van der Waals surface area contributed by atoms with Gasteiger partial charge in [0, 0.05) is 24.8 Å². The summed E-state index contributed by atoms with van der Waals surface area (Å²) in [5.74, 6) is -0.510. The zero-order valence-electron chi connectivity index (χ0n) is 13.7. The van der Waals surface area contributed by atoms with Gasteiger partial charge in [0.05, 0.1) is 16.7 Å². The molecule has 0 radical (unpaired) electrons. The van der Waals surface area contributed by atoms with E-state index in [1.54, 1.807) is 18.7 Å². The van der Waals surface area contributed by atoms with Crippen molar-refractivity contribution in [2.75, 3.05) is 13.1 Å². The Morgan fingerprint density at radius 1 is 1.25 bits per heavy atom. The predicted molar refractivity (Wildman–Crippen MR) is 88.5 cm³/mol. The Morgan fingerprint density at radius 3 is 2.54 bits per heavy atom. The first-order valence-corrected chi connectivity index (χ1v) is 7.82. The van der Waals surface area contributed by atoms with E-state index in [-0.39, 0.29) is 12.5 Å². The number of likely N-dealkylation sites (tertiary alicyclic amines) is 1. The maximum Gasteiger partial charge on any atom is 0.311 e. The van der Waals surface area contributed by atoms with Crippen molar-refractivity contribution in [3.05, 3.63) is 47.8 Å². The van der Waals surface area contributed by atoms with Gasteiger partial charge < -0.3 is 10.0 Å². The van der Waals surface area contributed by atoms with Gasteiger partial charge in [-0.15, -0.1) is 0 Å². The van der Waals surface area contributed by atoms with Crippen LogP contribution in [-0.2, 0) is 4.79 Å². The monoisotopic (exact) mass is 325 g/mol. The molecule has 1 saturated heterocycles. The number of benzene rings is 1. The molecule has 1 unspecified atom stereocenters. The van der Waals surface area contributed by atoms with E-state index >= 15 is 0 Å². The third-order valence-electron chi connectivity index (χ3n) is 4.52. The summed E-state index contributed by atoms with van der Waals surface area (Å²) in [7, 11) is 0. The molecule has 1 aliphatic heterocycles. The molecule has 0 saturated carbocycles. The molecule has 6 heteroatoms. The SMILES string of the molecule is Cc1nc(-c2ccccc2)ncc1C(=O)N1CCC(C)(C(=O)O)C1. The lowest BCUT2D eigenvalue weighted by atomic mass is 9.90. The fourth-order valence-corrected chi connectivity index (χ4v) is 2.88. The minimum absolute atomic E-state index is 0.209. The van der Waals surface area contributed by atoms with Crippen LogP contribution in [0.2, 0.25) is 0 Å². The maximum atomic E-state index is 12.7. The Labute approximate surface area is 140 Å². The first-order chi connectivity index (χ1) is 11.4. The molecule has 2 heterocycles. The van der Waals surface area contributed by atoms with Gasteiger partial charge in [0.15, 0.2) is 5.82 Å². The number of aryl methyl sites for hydroxylation is 1. The Hall–Kier alpha value is -2.76. The smallest absolute Gasteiger partial charge is 0.311 e. The lowest BCUT2D eigenvalue weighted by Gasteiger charge is -2.20. The number of rotatable bonds is 3.